The number of aromatic nitrogens is 2. The van der Waals surface area contributed by atoms with Crippen molar-refractivity contribution in [3.63, 3.8) is 0 Å². The first-order chi connectivity index (χ1) is 7.66. The zero-order valence-electron chi connectivity index (χ0n) is 9.37. The van der Waals surface area contributed by atoms with Crippen LogP contribution in [0.4, 0.5) is 10.2 Å². The molecule has 0 fully saturated rings. The predicted molar refractivity (Wildman–Crippen MR) is 61.7 cm³/mol. The van der Waals surface area contributed by atoms with Gasteiger partial charge in [-0.1, -0.05) is 12.1 Å². The fourth-order valence-corrected chi connectivity index (χ4v) is 1.63. The van der Waals surface area contributed by atoms with Gasteiger partial charge >= 0.3 is 0 Å². The van der Waals surface area contributed by atoms with E-state index in [1.807, 2.05) is 20.0 Å². The molecule has 0 bridgehead atoms. The van der Waals surface area contributed by atoms with Gasteiger partial charge in [0.15, 0.2) is 0 Å². The molecule has 3 nitrogen and oxygen atoms in total. The van der Waals surface area contributed by atoms with Crippen molar-refractivity contribution in [1.29, 1.82) is 0 Å². The molecule has 16 heavy (non-hydrogen) atoms. The lowest BCUT2D eigenvalue weighted by molar-refractivity contribution is 0.626. The molecule has 4 heteroatoms. The van der Waals surface area contributed by atoms with Gasteiger partial charge < -0.3 is 5.32 Å². The molecule has 0 aliphatic carbocycles. The van der Waals surface area contributed by atoms with Crippen molar-refractivity contribution in [2.24, 2.45) is 7.05 Å². The van der Waals surface area contributed by atoms with Gasteiger partial charge in [0, 0.05) is 19.2 Å². The quantitative estimate of drug-likeness (QED) is 0.859. The van der Waals surface area contributed by atoms with Gasteiger partial charge in [-0.2, -0.15) is 5.10 Å². The molecule has 1 N–H and O–H groups in total. The second-order valence-corrected chi connectivity index (χ2v) is 3.78. The monoisotopic (exact) mass is 219 g/mol. The fourth-order valence-electron chi connectivity index (χ4n) is 1.63. The molecule has 0 saturated heterocycles. The lowest BCUT2D eigenvalue weighted by Gasteiger charge is -2.08. The van der Waals surface area contributed by atoms with Crippen LogP contribution in [0.3, 0.4) is 0 Å². The number of halogens is 1. The minimum absolute atomic E-state index is 0.207. The largest absolute Gasteiger partial charge is 0.366 e. The number of anilines is 1. The summed E-state index contributed by atoms with van der Waals surface area (Å²) in [6, 6.07) is 6.57. The highest BCUT2D eigenvalue weighted by atomic mass is 19.1. The van der Waals surface area contributed by atoms with Crippen molar-refractivity contribution < 1.29 is 4.39 Å². The van der Waals surface area contributed by atoms with Gasteiger partial charge in [-0.15, -0.1) is 0 Å². The summed E-state index contributed by atoms with van der Waals surface area (Å²) in [7, 11) is 1.88. The van der Waals surface area contributed by atoms with Crippen molar-refractivity contribution >= 4 is 5.82 Å². The molecule has 0 atom stereocenters. The highest BCUT2D eigenvalue weighted by Crippen LogP contribution is 2.13. The van der Waals surface area contributed by atoms with Gasteiger partial charge in [-0.3, -0.25) is 4.68 Å². The van der Waals surface area contributed by atoms with E-state index in [1.165, 1.54) is 12.1 Å². The Bertz CT molecular complexity index is 471. The van der Waals surface area contributed by atoms with E-state index in [0.717, 1.165) is 16.9 Å². The van der Waals surface area contributed by atoms with Crippen LogP contribution in [0.2, 0.25) is 0 Å². The maximum atomic E-state index is 12.9. The lowest BCUT2D eigenvalue weighted by atomic mass is 10.2. The third kappa shape index (κ3) is 2.21. The summed E-state index contributed by atoms with van der Waals surface area (Å²) in [5.41, 5.74) is 2.00. The number of hydrogen-bond acceptors (Lipinski definition) is 2. The zero-order chi connectivity index (χ0) is 11.5. The average Bonchev–Trinajstić information content (AvgIpc) is 2.56. The van der Waals surface area contributed by atoms with Crippen LogP contribution in [-0.4, -0.2) is 9.78 Å². The summed E-state index contributed by atoms with van der Waals surface area (Å²) >= 11 is 0. The Morgan fingerprint density at radius 2 is 2.25 bits per heavy atom. The standard InChI is InChI=1S/C12H14FN3/c1-9-7-15-16(2)12(9)14-8-10-4-3-5-11(13)6-10/h3-7,14H,8H2,1-2H3. The van der Waals surface area contributed by atoms with E-state index in [0.29, 0.717) is 6.54 Å². The number of benzene rings is 1. The SMILES string of the molecule is Cc1cnn(C)c1NCc1cccc(F)c1. The number of nitrogens with zero attached hydrogens (tertiary/aromatic N) is 2. The molecule has 2 rings (SSSR count). The number of hydrogen-bond donors (Lipinski definition) is 1. The molecule has 0 aliphatic rings. The van der Waals surface area contributed by atoms with E-state index in [-0.39, 0.29) is 5.82 Å². The van der Waals surface area contributed by atoms with Crippen molar-refractivity contribution in [2.75, 3.05) is 5.32 Å². The molecule has 1 aromatic heterocycles. The summed E-state index contributed by atoms with van der Waals surface area (Å²) in [6.07, 6.45) is 1.80. The first kappa shape index (κ1) is 10.7. The smallest absolute Gasteiger partial charge is 0.127 e. The molecule has 1 aromatic carbocycles. The third-order valence-electron chi connectivity index (χ3n) is 2.47. The molecule has 0 aliphatic heterocycles. The Morgan fingerprint density at radius 3 is 2.88 bits per heavy atom. The van der Waals surface area contributed by atoms with Gasteiger partial charge in [-0.05, 0) is 24.6 Å². The lowest BCUT2D eigenvalue weighted by Crippen LogP contribution is -2.05. The Balaban J connectivity index is 2.08. The third-order valence-corrected chi connectivity index (χ3v) is 2.47. The fraction of sp³-hybridized carbons (Fsp3) is 0.250. The summed E-state index contributed by atoms with van der Waals surface area (Å²) in [5, 5.41) is 7.36. The maximum Gasteiger partial charge on any atom is 0.127 e. The molecule has 84 valence electrons. The highest BCUT2D eigenvalue weighted by Gasteiger charge is 2.03. The van der Waals surface area contributed by atoms with Crippen LogP contribution < -0.4 is 5.32 Å². The van der Waals surface area contributed by atoms with E-state index < -0.39 is 0 Å². The Labute approximate surface area is 93.9 Å². The number of aryl methyl sites for hydroxylation is 2. The topological polar surface area (TPSA) is 29.9 Å². The van der Waals surface area contributed by atoms with Crippen LogP contribution >= 0.6 is 0 Å². The van der Waals surface area contributed by atoms with Gasteiger partial charge in [0.2, 0.25) is 0 Å². The summed E-state index contributed by atoms with van der Waals surface area (Å²) in [6.45, 7) is 2.58. The van der Waals surface area contributed by atoms with Gasteiger partial charge in [0.1, 0.15) is 11.6 Å². The first-order valence-corrected chi connectivity index (χ1v) is 5.14. The van der Waals surface area contributed by atoms with Crippen LogP contribution in [0.15, 0.2) is 30.5 Å². The minimum Gasteiger partial charge on any atom is -0.366 e. The van der Waals surface area contributed by atoms with Crippen molar-refractivity contribution in [3.05, 3.63) is 47.4 Å². The second kappa shape index (κ2) is 4.35. The molecular formula is C12H14FN3. The minimum atomic E-state index is -0.207. The van der Waals surface area contributed by atoms with Gasteiger partial charge in [-0.25, -0.2) is 4.39 Å². The Kier molecular flexibility index (Phi) is 2.90. The van der Waals surface area contributed by atoms with Gasteiger partial charge in [0.25, 0.3) is 0 Å². The average molecular weight is 219 g/mol. The van der Waals surface area contributed by atoms with Crippen LogP contribution in [-0.2, 0) is 13.6 Å². The summed E-state index contributed by atoms with van der Waals surface area (Å²) in [5.74, 6) is 0.755. The highest BCUT2D eigenvalue weighted by molar-refractivity contribution is 5.43. The van der Waals surface area contributed by atoms with Crippen LogP contribution in [0.25, 0.3) is 0 Å². The van der Waals surface area contributed by atoms with E-state index in [1.54, 1.807) is 16.9 Å². The van der Waals surface area contributed by atoms with E-state index in [2.05, 4.69) is 10.4 Å². The normalized spacial score (nSPS) is 10.4. The molecule has 1 heterocycles. The van der Waals surface area contributed by atoms with Gasteiger partial charge in [0.05, 0.1) is 6.20 Å². The summed E-state index contributed by atoms with van der Waals surface area (Å²) in [4.78, 5) is 0. The second-order valence-electron chi connectivity index (χ2n) is 3.78. The van der Waals surface area contributed by atoms with E-state index >= 15 is 0 Å². The molecule has 0 unspecified atom stereocenters. The zero-order valence-corrected chi connectivity index (χ0v) is 9.37. The van der Waals surface area contributed by atoms with Crippen molar-refractivity contribution in [2.45, 2.75) is 13.5 Å². The first-order valence-electron chi connectivity index (χ1n) is 5.14. The molecule has 0 radical (unpaired) electrons. The Hall–Kier alpha value is -1.84. The van der Waals surface area contributed by atoms with Crippen molar-refractivity contribution in [3.8, 4) is 0 Å². The van der Waals surface area contributed by atoms with E-state index in [9.17, 15) is 4.39 Å². The summed E-state index contributed by atoms with van der Waals surface area (Å²) < 4.78 is 14.7. The molecule has 0 amide bonds. The molecule has 0 saturated carbocycles. The molecule has 0 spiro atoms. The van der Waals surface area contributed by atoms with Crippen molar-refractivity contribution in [1.82, 2.24) is 9.78 Å². The molecule has 2 aromatic rings. The van der Waals surface area contributed by atoms with Crippen LogP contribution in [0.5, 0.6) is 0 Å². The Morgan fingerprint density at radius 1 is 1.44 bits per heavy atom. The van der Waals surface area contributed by atoms with Crippen LogP contribution in [0, 0.1) is 12.7 Å². The number of nitrogens with one attached hydrogen (secondary N) is 1. The van der Waals surface area contributed by atoms with Crippen LogP contribution in [0.1, 0.15) is 11.1 Å². The van der Waals surface area contributed by atoms with E-state index in [4.69, 9.17) is 0 Å². The number of rotatable bonds is 3. The maximum absolute atomic E-state index is 12.9. The molecular weight excluding hydrogens is 205 g/mol. The predicted octanol–water partition coefficient (Wildman–Crippen LogP) is 2.48.